The first-order chi connectivity index (χ1) is 19.3. The van der Waals surface area contributed by atoms with E-state index in [-0.39, 0.29) is 17.4 Å². The maximum absolute atomic E-state index is 13.3. The van der Waals surface area contributed by atoms with Gasteiger partial charge in [-0.25, -0.2) is 0 Å². The molecule has 0 radical (unpaired) electrons. The van der Waals surface area contributed by atoms with E-state index >= 15 is 0 Å². The minimum Gasteiger partial charge on any atom is -0.324 e. The van der Waals surface area contributed by atoms with E-state index < -0.39 is 11.8 Å². The number of hydrogen-bond donors (Lipinski definition) is 3. The highest BCUT2D eigenvalue weighted by molar-refractivity contribution is 8.00. The molecule has 4 rings (SSSR count). The van der Waals surface area contributed by atoms with Crippen LogP contribution in [0.2, 0.25) is 10.0 Å². The van der Waals surface area contributed by atoms with E-state index in [1.54, 1.807) is 66.7 Å². The predicted octanol–water partition coefficient (Wildman–Crippen LogP) is 7.44. The standard InChI is InChI=1S/C31H25Cl2N3O3S/c1-20-8-5-6-11-22(20)16-28(36-30(38)21-9-3-2-4-10-21)31(39)34-24-12-7-13-25(18-24)40-19-29(37)35-27-17-23(32)14-15-26(27)33/h2-18H,19H2,1H3,(H,34,39)(H,35,37)(H,36,38)/b28-16-. The van der Waals surface area contributed by atoms with Gasteiger partial charge in [0.25, 0.3) is 11.8 Å². The number of anilines is 2. The lowest BCUT2D eigenvalue weighted by molar-refractivity contribution is -0.114. The minimum absolute atomic E-state index is 0.0963. The van der Waals surface area contributed by atoms with Gasteiger partial charge >= 0.3 is 0 Å². The normalized spacial score (nSPS) is 11.0. The van der Waals surface area contributed by atoms with Crippen molar-refractivity contribution in [2.75, 3.05) is 16.4 Å². The summed E-state index contributed by atoms with van der Waals surface area (Å²) < 4.78 is 0. The van der Waals surface area contributed by atoms with Crippen LogP contribution in [0.5, 0.6) is 0 Å². The van der Waals surface area contributed by atoms with E-state index in [1.807, 2.05) is 43.3 Å². The Balaban J connectivity index is 1.46. The maximum Gasteiger partial charge on any atom is 0.272 e. The van der Waals surface area contributed by atoms with Gasteiger partial charge in [-0.3, -0.25) is 14.4 Å². The quantitative estimate of drug-likeness (QED) is 0.140. The van der Waals surface area contributed by atoms with Crippen LogP contribution in [0.4, 0.5) is 11.4 Å². The van der Waals surface area contributed by atoms with Gasteiger partial charge in [0.1, 0.15) is 5.70 Å². The molecule has 0 fully saturated rings. The summed E-state index contributed by atoms with van der Waals surface area (Å²) in [6.45, 7) is 1.93. The number of carbonyl (C=O) groups is 3. The summed E-state index contributed by atoms with van der Waals surface area (Å²) in [6, 6.07) is 28.2. The summed E-state index contributed by atoms with van der Waals surface area (Å²) in [5.74, 6) is -1.02. The Kier molecular flexibility index (Phi) is 10.0. The lowest BCUT2D eigenvalue weighted by atomic mass is 10.1. The molecule has 0 saturated heterocycles. The second-order valence-corrected chi connectivity index (χ2v) is 10.6. The van der Waals surface area contributed by atoms with E-state index in [0.717, 1.165) is 16.0 Å². The molecule has 4 aromatic carbocycles. The number of halogens is 2. The summed E-state index contributed by atoms with van der Waals surface area (Å²) in [7, 11) is 0. The third kappa shape index (κ3) is 8.23. The van der Waals surface area contributed by atoms with Gasteiger partial charge in [-0.2, -0.15) is 0 Å². The Morgan fingerprint density at radius 3 is 2.35 bits per heavy atom. The fourth-order valence-corrected chi connectivity index (χ4v) is 4.73. The topological polar surface area (TPSA) is 87.3 Å². The zero-order chi connectivity index (χ0) is 28.5. The van der Waals surface area contributed by atoms with Crippen molar-refractivity contribution in [2.45, 2.75) is 11.8 Å². The number of nitrogens with one attached hydrogen (secondary N) is 3. The molecule has 3 amide bonds. The molecule has 9 heteroatoms. The zero-order valence-corrected chi connectivity index (χ0v) is 23.7. The molecule has 0 saturated carbocycles. The molecule has 0 aliphatic rings. The molecule has 3 N–H and O–H groups in total. The third-order valence-electron chi connectivity index (χ3n) is 5.68. The number of amides is 3. The van der Waals surface area contributed by atoms with Gasteiger partial charge < -0.3 is 16.0 Å². The second kappa shape index (κ2) is 13.8. The van der Waals surface area contributed by atoms with Gasteiger partial charge in [0.15, 0.2) is 0 Å². The van der Waals surface area contributed by atoms with Gasteiger partial charge in [-0.1, -0.05) is 71.7 Å². The maximum atomic E-state index is 13.3. The van der Waals surface area contributed by atoms with E-state index in [9.17, 15) is 14.4 Å². The van der Waals surface area contributed by atoms with Crippen LogP contribution in [0.25, 0.3) is 6.08 Å². The smallest absolute Gasteiger partial charge is 0.272 e. The highest BCUT2D eigenvalue weighted by atomic mass is 35.5. The van der Waals surface area contributed by atoms with Gasteiger partial charge in [0.05, 0.1) is 16.5 Å². The average Bonchev–Trinajstić information content (AvgIpc) is 2.95. The summed E-state index contributed by atoms with van der Waals surface area (Å²) in [6.07, 6.45) is 1.65. The molecule has 0 aliphatic heterocycles. The molecule has 0 atom stereocenters. The molecule has 0 spiro atoms. The van der Waals surface area contributed by atoms with Crippen molar-refractivity contribution in [1.29, 1.82) is 0 Å². The Bertz CT molecular complexity index is 1580. The van der Waals surface area contributed by atoms with E-state index in [2.05, 4.69) is 16.0 Å². The number of hydrogen-bond acceptors (Lipinski definition) is 4. The van der Waals surface area contributed by atoms with Crippen LogP contribution in [0.3, 0.4) is 0 Å². The highest BCUT2D eigenvalue weighted by Gasteiger charge is 2.16. The van der Waals surface area contributed by atoms with E-state index in [1.165, 1.54) is 11.8 Å². The molecule has 0 aliphatic carbocycles. The summed E-state index contributed by atoms with van der Waals surface area (Å²) in [4.78, 5) is 39.5. The average molecular weight is 591 g/mol. The zero-order valence-electron chi connectivity index (χ0n) is 21.4. The molecule has 6 nitrogen and oxygen atoms in total. The van der Waals surface area contributed by atoms with Crippen molar-refractivity contribution in [1.82, 2.24) is 5.32 Å². The van der Waals surface area contributed by atoms with Crippen LogP contribution in [-0.2, 0) is 9.59 Å². The van der Waals surface area contributed by atoms with Gasteiger partial charge in [0, 0.05) is 21.2 Å². The van der Waals surface area contributed by atoms with E-state index in [0.29, 0.717) is 27.0 Å². The molecule has 0 bridgehead atoms. The number of benzene rings is 4. The predicted molar refractivity (Wildman–Crippen MR) is 164 cm³/mol. The molecule has 0 aromatic heterocycles. The first kappa shape index (κ1) is 29.0. The molecular formula is C31H25Cl2N3O3S. The Labute approximate surface area is 246 Å². The first-order valence-corrected chi connectivity index (χ1v) is 14.0. The van der Waals surface area contributed by atoms with Crippen molar-refractivity contribution >= 4 is 70.1 Å². The Morgan fingerprint density at radius 2 is 1.57 bits per heavy atom. The molecule has 0 unspecified atom stereocenters. The second-order valence-electron chi connectivity index (χ2n) is 8.68. The number of aryl methyl sites for hydroxylation is 1. The van der Waals surface area contributed by atoms with Gasteiger partial charge in [-0.15, -0.1) is 11.8 Å². The van der Waals surface area contributed by atoms with Crippen molar-refractivity contribution < 1.29 is 14.4 Å². The Hall–Kier alpha value is -4.04. The van der Waals surface area contributed by atoms with Crippen LogP contribution >= 0.6 is 35.0 Å². The lowest BCUT2D eigenvalue weighted by Crippen LogP contribution is -2.30. The molecule has 40 heavy (non-hydrogen) atoms. The molecule has 4 aromatic rings. The summed E-state index contributed by atoms with van der Waals surface area (Å²) >= 11 is 13.4. The molecular weight excluding hydrogens is 565 g/mol. The minimum atomic E-state index is -0.483. The molecule has 0 heterocycles. The number of rotatable bonds is 9. The molecule has 202 valence electrons. The number of carbonyl (C=O) groups excluding carboxylic acids is 3. The fraction of sp³-hybridized carbons (Fsp3) is 0.0645. The van der Waals surface area contributed by atoms with Crippen LogP contribution in [0, 0.1) is 6.92 Å². The fourth-order valence-electron chi connectivity index (χ4n) is 3.64. The van der Waals surface area contributed by atoms with Crippen molar-refractivity contribution in [3.05, 3.63) is 129 Å². The van der Waals surface area contributed by atoms with Gasteiger partial charge in [-0.05, 0) is 72.7 Å². The van der Waals surface area contributed by atoms with Crippen molar-refractivity contribution in [3.63, 3.8) is 0 Å². The monoisotopic (exact) mass is 589 g/mol. The largest absolute Gasteiger partial charge is 0.324 e. The van der Waals surface area contributed by atoms with Gasteiger partial charge in [0.2, 0.25) is 5.91 Å². The summed E-state index contributed by atoms with van der Waals surface area (Å²) in [5.41, 5.74) is 3.23. The highest BCUT2D eigenvalue weighted by Crippen LogP contribution is 2.27. The van der Waals surface area contributed by atoms with Crippen molar-refractivity contribution in [3.8, 4) is 0 Å². The van der Waals surface area contributed by atoms with Crippen molar-refractivity contribution in [2.24, 2.45) is 0 Å². The first-order valence-electron chi connectivity index (χ1n) is 12.2. The number of thioether (sulfide) groups is 1. The Morgan fingerprint density at radius 1 is 0.825 bits per heavy atom. The van der Waals surface area contributed by atoms with Crippen LogP contribution in [-0.4, -0.2) is 23.5 Å². The SMILES string of the molecule is Cc1ccccc1/C=C(\NC(=O)c1ccccc1)C(=O)Nc1cccc(SCC(=O)Nc2cc(Cl)ccc2Cl)c1. The lowest BCUT2D eigenvalue weighted by Gasteiger charge is -2.13. The van der Waals surface area contributed by atoms with E-state index in [4.69, 9.17) is 23.2 Å². The summed E-state index contributed by atoms with van der Waals surface area (Å²) in [5, 5.41) is 9.20. The van der Waals surface area contributed by atoms with Crippen LogP contribution in [0.15, 0.2) is 108 Å². The van der Waals surface area contributed by atoms with Crippen LogP contribution in [0.1, 0.15) is 21.5 Å². The van der Waals surface area contributed by atoms with Crippen LogP contribution < -0.4 is 16.0 Å². The third-order valence-corrected chi connectivity index (χ3v) is 7.24.